The topological polar surface area (TPSA) is 95.9 Å². The second kappa shape index (κ2) is 72.3. The summed E-state index contributed by atoms with van der Waals surface area (Å²) in [5, 5.41) is 23.3. The number of carbonyl (C=O) groups excluding carboxylic acids is 2. The molecule has 0 rings (SSSR count). The van der Waals surface area contributed by atoms with E-state index in [0.29, 0.717) is 25.9 Å². The molecular weight excluding hydrogens is 1020 g/mol. The molecule has 0 aromatic carbocycles. The van der Waals surface area contributed by atoms with Gasteiger partial charge in [-0.3, -0.25) is 9.59 Å². The van der Waals surface area contributed by atoms with Gasteiger partial charge in [0.1, 0.15) is 0 Å². The molecule has 0 heterocycles. The maximum Gasteiger partial charge on any atom is 0.305 e. The Morgan fingerprint density at radius 3 is 0.928 bits per heavy atom. The average molecular weight is 1170 g/mol. The maximum atomic E-state index is 12.5. The normalized spacial score (nSPS) is 12.8. The lowest BCUT2D eigenvalue weighted by molar-refractivity contribution is -0.143. The number of allylic oxidation sites excluding steroid dienone is 8. The minimum absolute atomic E-state index is 0.00966. The fourth-order valence-corrected chi connectivity index (χ4v) is 11.6. The Morgan fingerprint density at radius 1 is 0.337 bits per heavy atom. The van der Waals surface area contributed by atoms with E-state index < -0.39 is 12.1 Å². The van der Waals surface area contributed by atoms with E-state index in [4.69, 9.17) is 4.74 Å². The molecular formula is C77H145NO5. The van der Waals surface area contributed by atoms with Crippen LogP contribution in [0.3, 0.4) is 0 Å². The molecule has 0 aliphatic carbocycles. The lowest BCUT2D eigenvalue weighted by Gasteiger charge is -2.22. The van der Waals surface area contributed by atoms with E-state index in [2.05, 4.69) is 67.8 Å². The smallest absolute Gasteiger partial charge is 0.305 e. The molecule has 488 valence electrons. The number of hydrogen-bond donors (Lipinski definition) is 3. The van der Waals surface area contributed by atoms with Crippen molar-refractivity contribution in [3.63, 3.8) is 0 Å². The van der Waals surface area contributed by atoms with E-state index in [-0.39, 0.29) is 18.5 Å². The highest BCUT2D eigenvalue weighted by molar-refractivity contribution is 5.76. The van der Waals surface area contributed by atoms with Crippen molar-refractivity contribution >= 4 is 11.9 Å². The average Bonchev–Trinajstić information content (AvgIpc) is 3.49. The Morgan fingerprint density at radius 2 is 0.602 bits per heavy atom. The monoisotopic (exact) mass is 1160 g/mol. The van der Waals surface area contributed by atoms with Crippen molar-refractivity contribution < 1.29 is 24.5 Å². The van der Waals surface area contributed by atoms with Crippen molar-refractivity contribution in [1.82, 2.24) is 5.32 Å². The minimum Gasteiger partial charge on any atom is -0.466 e. The zero-order chi connectivity index (χ0) is 59.9. The van der Waals surface area contributed by atoms with Gasteiger partial charge in [0, 0.05) is 12.8 Å². The zero-order valence-electron chi connectivity index (χ0n) is 55.9. The molecule has 0 bridgehead atoms. The second-order valence-corrected chi connectivity index (χ2v) is 25.6. The molecule has 1 amide bonds. The Kier molecular flexibility index (Phi) is 70.4. The van der Waals surface area contributed by atoms with Crippen LogP contribution in [0.25, 0.3) is 0 Å². The summed E-state index contributed by atoms with van der Waals surface area (Å²) in [5.74, 6) is -0.0213. The van der Waals surface area contributed by atoms with Gasteiger partial charge in [0.05, 0.1) is 25.4 Å². The van der Waals surface area contributed by atoms with Crippen molar-refractivity contribution in [2.24, 2.45) is 0 Å². The first kappa shape index (κ1) is 80.8. The Bertz CT molecular complexity index is 1390. The van der Waals surface area contributed by atoms with E-state index >= 15 is 0 Å². The van der Waals surface area contributed by atoms with Crippen LogP contribution in [0, 0.1) is 0 Å². The van der Waals surface area contributed by atoms with E-state index in [9.17, 15) is 19.8 Å². The highest BCUT2D eigenvalue weighted by Crippen LogP contribution is 2.19. The minimum atomic E-state index is -0.662. The second-order valence-electron chi connectivity index (χ2n) is 25.6. The molecule has 6 nitrogen and oxygen atoms in total. The summed E-state index contributed by atoms with van der Waals surface area (Å²) >= 11 is 0. The SMILES string of the molecule is CCCCCC/C=C\C/C=C\CCCCCCCCCC(=O)OCCCCCCCCCCCCC/C=C\C/C=C\CCCCCCCCCCCCCCCCCCCC(=O)NC(CO)C(O)CCCCCCCCCCCCCCC. The summed E-state index contributed by atoms with van der Waals surface area (Å²) < 4.78 is 5.50. The molecule has 0 aliphatic rings. The molecule has 0 aromatic rings. The first-order valence-electron chi connectivity index (χ1n) is 37.4. The summed E-state index contributed by atoms with van der Waals surface area (Å²) in [7, 11) is 0. The number of amides is 1. The third-order valence-electron chi connectivity index (χ3n) is 17.4. The van der Waals surface area contributed by atoms with Gasteiger partial charge in [-0.2, -0.15) is 0 Å². The number of rotatable bonds is 70. The molecule has 0 spiro atoms. The summed E-state index contributed by atoms with van der Waals surface area (Å²) in [6.45, 7) is 4.96. The number of esters is 1. The van der Waals surface area contributed by atoms with Crippen LogP contribution in [0.5, 0.6) is 0 Å². The molecule has 3 N–H and O–H groups in total. The largest absolute Gasteiger partial charge is 0.466 e. The van der Waals surface area contributed by atoms with Gasteiger partial charge >= 0.3 is 5.97 Å². The van der Waals surface area contributed by atoms with Gasteiger partial charge in [-0.1, -0.05) is 351 Å². The van der Waals surface area contributed by atoms with Crippen molar-refractivity contribution in [2.75, 3.05) is 13.2 Å². The Hall–Kier alpha value is -2.18. The number of nitrogens with one attached hydrogen (secondary N) is 1. The van der Waals surface area contributed by atoms with Crippen LogP contribution >= 0.6 is 0 Å². The zero-order valence-corrected chi connectivity index (χ0v) is 55.9. The molecule has 0 saturated carbocycles. The van der Waals surface area contributed by atoms with Crippen molar-refractivity contribution in [2.45, 2.75) is 418 Å². The maximum absolute atomic E-state index is 12.5. The first-order valence-corrected chi connectivity index (χ1v) is 37.4. The predicted octanol–water partition coefficient (Wildman–Crippen LogP) is 24.4. The molecule has 2 atom stereocenters. The number of unbranched alkanes of at least 4 members (excludes halogenated alkanes) is 51. The fourth-order valence-electron chi connectivity index (χ4n) is 11.6. The van der Waals surface area contributed by atoms with Gasteiger partial charge < -0.3 is 20.3 Å². The van der Waals surface area contributed by atoms with E-state index in [1.165, 1.54) is 315 Å². The Balaban J connectivity index is 3.36. The lowest BCUT2D eigenvalue weighted by atomic mass is 10.0. The fraction of sp³-hybridized carbons (Fsp3) is 0.870. The number of aliphatic hydroxyl groups excluding tert-OH is 2. The van der Waals surface area contributed by atoms with Gasteiger partial charge in [0.15, 0.2) is 0 Å². The van der Waals surface area contributed by atoms with Gasteiger partial charge in [-0.15, -0.1) is 0 Å². The van der Waals surface area contributed by atoms with E-state index in [1.54, 1.807) is 0 Å². The highest BCUT2D eigenvalue weighted by Gasteiger charge is 2.20. The van der Waals surface area contributed by atoms with Crippen LogP contribution in [-0.4, -0.2) is 47.4 Å². The molecule has 0 saturated heterocycles. The first-order chi connectivity index (χ1) is 41.0. The van der Waals surface area contributed by atoms with Gasteiger partial charge in [-0.25, -0.2) is 0 Å². The third-order valence-corrected chi connectivity index (χ3v) is 17.4. The molecule has 83 heavy (non-hydrogen) atoms. The Labute approximate surface area is 518 Å². The highest BCUT2D eigenvalue weighted by atomic mass is 16.5. The molecule has 0 aromatic heterocycles. The van der Waals surface area contributed by atoms with Crippen molar-refractivity contribution in [3.8, 4) is 0 Å². The van der Waals surface area contributed by atoms with Crippen LogP contribution < -0.4 is 5.32 Å². The molecule has 0 aliphatic heterocycles. The summed E-state index contributed by atoms with van der Waals surface area (Å²) in [5.41, 5.74) is 0. The van der Waals surface area contributed by atoms with E-state index in [0.717, 1.165) is 57.8 Å². The lowest BCUT2D eigenvalue weighted by Crippen LogP contribution is -2.45. The van der Waals surface area contributed by atoms with Crippen LogP contribution in [-0.2, 0) is 14.3 Å². The van der Waals surface area contributed by atoms with Gasteiger partial charge in [0.25, 0.3) is 0 Å². The van der Waals surface area contributed by atoms with Crippen LogP contribution in [0.15, 0.2) is 48.6 Å². The van der Waals surface area contributed by atoms with Gasteiger partial charge in [-0.05, 0) is 89.9 Å². The number of hydrogen-bond acceptors (Lipinski definition) is 5. The predicted molar refractivity (Wildman–Crippen MR) is 366 cm³/mol. The summed E-state index contributed by atoms with van der Waals surface area (Å²) in [6, 6.07) is -0.539. The van der Waals surface area contributed by atoms with Crippen LogP contribution in [0.4, 0.5) is 0 Å². The van der Waals surface area contributed by atoms with E-state index in [1.807, 2.05) is 0 Å². The molecule has 6 heteroatoms. The summed E-state index contributed by atoms with van der Waals surface area (Å²) in [6.07, 6.45) is 94.7. The molecule has 0 radical (unpaired) electrons. The summed E-state index contributed by atoms with van der Waals surface area (Å²) in [4.78, 5) is 24.6. The van der Waals surface area contributed by atoms with Crippen molar-refractivity contribution in [3.05, 3.63) is 48.6 Å². The number of ether oxygens (including phenoxy) is 1. The quantitative estimate of drug-likeness (QED) is 0.0320. The van der Waals surface area contributed by atoms with Gasteiger partial charge in [0.2, 0.25) is 5.91 Å². The number of aliphatic hydroxyl groups is 2. The van der Waals surface area contributed by atoms with Crippen molar-refractivity contribution in [1.29, 1.82) is 0 Å². The third kappa shape index (κ3) is 68.8. The number of carbonyl (C=O) groups is 2. The standard InChI is InChI=1S/C77H145NO5/c1-3-5-7-9-11-13-15-17-18-19-40-43-47-51-55-59-63-67-71-77(82)83-72-68-64-60-56-52-48-44-41-38-36-34-32-30-28-26-24-22-20-21-23-25-27-29-31-33-35-37-39-42-46-50-54-58-62-66-70-76(81)78-74(73-79)75(80)69-65-61-57-53-49-45-16-14-12-10-8-6-4-2/h13,15,18-19,22,24,28,30,74-75,79-80H,3-12,14,16-17,20-21,23,25-27,29,31-73H2,1-2H3,(H,78,81)/b15-13-,19-18-,24-22-,30-28-. The van der Waals surface area contributed by atoms with Crippen LogP contribution in [0.1, 0.15) is 406 Å². The van der Waals surface area contributed by atoms with Crippen LogP contribution in [0.2, 0.25) is 0 Å². The molecule has 2 unspecified atom stereocenters. The molecule has 0 fully saturated rings.